The third kappa shape index (κ3) is 2.01. The minimum absolute atomic E-state index is 0.0408. The van der Waals surface area contributed by atoms with Gasteiger partial charge >= 0.3 is 0 Å². The van der Waals surface area contributed by atoms with Crippen LogP contribution in [-0.4, -0.2) is 10.9 Å². The van der Waals surface area contributed by atoms with Crippen LogP contribution in [-0.2, 0) is 11.8 Å². The summed E-state index contributed by atoms with van der Waals surface area (Å²) >= 11 is 0. The van der Waals surface area contributed by atoms with Gasteiger partial charge in [-0.05, 0) is 18.6 Å². The quantitative estimate of drug-likeness (QED) is 0.795. The van der Waals surface area contributed by atoms with Crippen LogP contribution in [0, 0.1) is 0 Å². The van der Waals surface area contributed by atoms with E-state index >= 15 is 0 Å². The predicted molar refractivity (Wildman–Crippen MR) is 73.5 cm³/mol. The molecular formula is C16H16NO2+. The molecule has 1 N–H and O–H groups in total. The molecule has 1 aliphatic rings. The highest BCUT2D eigenvalue weighted by atomic mass is 16.3. The lowest BCUT2D eigenvalue weighted by Crippen LogP contribution is -2.29. The van der Waals surface area contributed by atoms with Gasteiger partial charge in [-0.25, -0.2) is 4.57 Å². The molecule has 3 nitrogen and oxygen atoms in total. The number of hydrogen-bond donors (Lipinski definition) is 1. The normalized spacial score (nSPS) is 16.2. The Morgan fingerprint density at radius 3 is 2.79 bits per heavy atom. The van der Waals surface area contributed by atoms with Crippen molar-refractivity contribution >= 4 is 22.3 Å². The molecule has 2 aromatic rings. The summed E-state index contributed by atoms with van der Waals surface area (Å²) in [5.74, 6) is 0.269. The SMILES string of the molecule is C[n+]1cc(C2=C(O)CCCC2=O)cc2ccccc21. The zero-order chi connectivity index (χ0) is 13.4. The van der Waals surface area contributed by atoms with Crippen molar-refractivity contribution in [3.8, 4) is 0 Å². The molecule has 0 saturated heterocycles. The molecule has 19 heavy (non-hydrogen) atoms. The van der Waals surface area contributed by atoms with Crippen LogP contribution < -0.4 is 4.57 Å². The van der Waals surface area contributed by atoms with Gasteiger partial charge in [0.15, 0.2) is 12.0 Å². The van der Waals surface area contributed by atoms with Gasteiger partial charge in [0.1, 0.15) is 12.8 Å². The number of benzene rings is 1. The lowest BCUT2D eigenvalue weighted by Gasteiger charge is -2.14. The summed E-state index contributed by atoms with van der Waals surface area (Å²) in [5.41, 5.74) is 2.41. The van der Waals surface area contributed by atoms with E-state index < -0.39 is 0 Å². The van der Waals surface area contributed by atoms with Crippen molar-refractivity contribution in [1.82, 2.24) is 0 Å². The molecule has 1 aliphatic carbocycles. The van der Waals surface area contributed by atoms with E-state index in [4.69, 9.17) is 0 Å². The molecule has 0 amide bonds. The summed E-state index contributed by atoms with van der Waals surface area (Å²) in [6, 6.07) is 10.00. The topological polar surface area (TPSA) is 41.2 Å². The summed E-state index contributed by atoms with van der Waals surface area (Å²) in [5, 5.41) is 11.1. The van der Waals surface area contributed by atoms with E-state index in [0.717, 1.165) is 22.9 Å². The molecule has 1 aromatic heterocycles. The van der Waals surface area contributed by atoms with E-state index in [1.807, 2.05) is 48.1 Å². The van der Waals surface area contributed by atoms with Crippen molar-refractivity contribution < 1.29 is 14.5 Å². The number of carbonyl (C=O) groups excluding carboxylic acids is 1. The number of aryl methyl sites for hydroxylation is 1. The first-order chi connectivity index (χ1) is 9.16. The highest BCUT2D eigenvalue weighted by Gasteiger charge is 2.24. The second kappa shape index (κ2) is 4.50. The lowest BCUT2D eigenvalue weighted by molar-refractivity contribution is -0.645. The molecule has 1 heterocycles. The number of aliphatic hydroxyl groups excluding tert-OH is 1. The molecule has 0 atom stereocenters. The molecule has 0 unspecified atom stereocenters. The summed E-state index contributed by atoms with van der Waals surface area (Å²) in [6.45, 7) is 0. The van der Waals surface area contributed by atoms with Crippen molar-refractivity contribution in [2.24, 2.45) is 7.05 Å². The van der Waals surface area contributed by atoms with Gasteiger partial charge < -0.3 is 5.11 Å². The van der Waals surface area contributed by atoms with Crippen molar-refractivity contribution in [3.63, 3.8) is 0 Å². The summed E-state index contributed by atoms with van der Waals surface area (Å²) < 4.78 is 1.99. The number of pyridine rings is 1. The maximum Gasteiger partial charge on any atom is 0.212 e. The standard InChI is InChI=1S/C16H15NO2/c1-17-10-12(9-11-5-2-3-6-13(11)17)16-14(18)7-4-8-15(16)19/h2-3,5-6,9-10H,4,7-8H2,1H3/p+1. The molecule has 1 aromatic carbocycles. The van der Waals surface area contributed by atoms with Gasteiger partial charge in [-0.3, -0.25) is 4.79 Å². The second-order valence-electron chi connectivity index (χ2n) is 5.00. The number of aromatic nitrogens is 1. The van der Waals surface area contributed by atoms with Crippen molar-refractivity contribution in [3.05, 3.63) is 47.9 Å². The third-order valence-electron chi connectivity index (χ3n) is 3.63. The largest absolute Gasteiger partial charge is 0.512 e. The van der Waals surface area contributed by atoms with Crippen LogP contribution in [0.25, 0.3) is 16.5 Å². The molecular weight excluding hydrogens is 238 g/mol. The average Bonchev–Trinajstić information content (AvgIpc) is 2.38. The van der Waals surface area contributed by atoms with E-state index in [-0.39, 0.29) is 11.5 Å². The van der Waals surface area contributed by atoms with Crippen LogP contribution in [0.15, 0.2) is 42.3 Å². The summed E-state index contributed by atoms with van der Waals surface area (Å²) in [6.07, 6.45) is 3.78. The monoisotopic (exact) mass is 254 g/mol. The van der Waals surface area contributed by atoms with Crippen molar-refractivity contribution in [2.75, 3.05) is 0 Å². The molecule has 0 radical (unpaired) electrons. The number of Topliss-reactive ketones (excluding diaryl/α,β-unsaturated/α-hetero) is 1. The third-order valence-corrected chi connectivity index (χ3v) is 3.63. The Balaban J connectivity index is 2.23. The number of rotatable bonds is 1. The Kier molecular flexibility index (Phi) is 2.82. The number of allylic oxidation sites excluding steroid dienone is 2. The Morgan fingerprint density at radius 2 is 2.00 bits per heavy atom. The molecule has 0 aliphatic heterocycles. The van der Waals surface area contributed by atoms with E-state index in [9.17, 15) is 9.90 Å². The fourth-order valence-corrected chi connectivity index (χ4v) is 2.71. The van der Waals surface area contributed by atoms with E-state index in [1.165, 1.54) is 0 Å². The highest BCUT2D eigenvalue weighted by Crippen LogP contribution is 2.28. The van der Waals surface area contributed by atoms with E-state index in [0.29, 0.717) is 18.4 Å². The van der Waals surface area contributed by atoms with Crippen LogP contribution >= 0.6 is 0 Å². The van der Waals surface area contributed by atoms with Crippen LogP contribution in [0.5, 0.6) is 0 Å². The van der Waals surface area contributed by atoms with Crippen molar-refractivity contribution in [1.29, 1.82) is 0 Å². The van der Waals surface area contributed by atoms with Gasteiger partial charge in [0.2, 0.25) is 5.52 Å². The zero-order valence-electron chi connectivity index (χ0n) is 10.9. The molecule has 0 fully saturated rings. The summed E-state index contributed by atoms with van der Waals surface area (Å²) in [7, 11) is 1.96. The van der Waals surface area contributed by atoms with Gasteiger partial charge in [0.25, 0.3) is 0 Å². The number of fused-ring (bicyclic) bond motifs is 1. The second-order valence-corrected chi connectivity index (χ2v) is 5.00. The van der Waals surface area contributed by atoms with Crippen LogP contribution in [0.1, 0.15) is 24.8 Å². The van der Waals surface area contributed by atoms with E-state index in [1.54, 1.807) is 0 Å². The van der Waals surface area contributed by atoms with Crippen LogP contribution in [0.3, 0.4) is 0 Å². The zero-order valence-corrected chi connectivity index (χ0v) is 10.9. The molecule has 0 bridgehead atoms. The fourth-order valence-electron chi connectivity index (χ4n) is 2.71. The summed E-state index contributed by atoms with van der Waals surface area (Å²) in [4.78, 5) is 12.0. The number of para-hydroxylation sites is 1. The maximum atomic E-state index is 12.0. The first kappa shape index (κ1) is 11.9. The van der Waals surface area contributed by atoms with Gasteiger partial charge in [-0.2, -0.15) is 0 Å². The minimum atomic E-state index is 0.0408. The molecule has 0 spiro atoms. The van der Waals surface area contributed by atoms with Crippen LogP contribution in [0.2, 0.25) is 0 Å². The number of ketones is 1. The van der Waals surface area contributed by atoms with Gasteiger partial charge in [0, 0.05) is 24.3 Å². The van der Waals surface area contributed by atoms with Gasteiger partial charge in [-0.15, -0.1) is 0 Å². The lowest BCUT2D eigenvalue weighted by atomic mass is 9.91. The molecule has 3 heteroatoms. The number of hydrogen-bond acceptors (Lipinski definition) is 2. The maximum absolute atomic E-state index is 12.0. The smallest absolute Gasteiger partial charge is 0.212 e. The predicted octanol–water partition coefficient (Wildman–Crippen LogP) is 2.69. The van der Waals surface area contributed by atoms with Gasteiger partial charge in [0.05, 0.1) is 11.1 Å². The number of aliphatic hydroxyl groups is 1. The minimum Gasteiger partial charge on any atom is -0.512 e. The Hall–Kier alpha value is -2.16. The molecule has 0 saturated carbocycles. The van der Waals surface area contributed by atoms with Crippen molar-refractivity contribution in [2.45, 2.75) is 19.3 Å². The Morgan fingerprint density at radius 1 is 1.21 bits per heavy atom. The number of nitrogens with zero attached hydrogens (tertiary/aromatic N) is 1. The molecule has 3 rings (SSSR count). The van der Waals surface area contributed by atoms with Crippen LogP contribution in [0.4, 0.5) is 0 Å². The Labute approximate surface area is 111 Å². The fraction of sp³-hybridized carbons (Fsp3) is 0.250. The molecule has 96 valence electrons. The number of carbonyl (C=O) groups is 1. The first-order valence-electron chi connectivity index (χ1n) is 6.51. The average molecular weight is 254 g/mol. The highest BCUT2D eigenvalue weighted by molar-refractivity contribution is 6.22. The Bertz CT molecular complexity index is 701. The van der Waals surface area contributed by atoms with E-state index in [2.05, 4.69) is 0 Å². The van der Waals surface area contributed by atoms with Gasteiger partial charge in [-0.1, -0.05) is 12.1 Å². The first-order valence-corrected chi connectivity index (χ1v) is 6.51.